The fourth-order valence-electron chi connectivity index (χ4n) is 4.46. The van der Waals surface area contributed by atoms with Crippen molar-refractivity contribution >= 4 is 112 Å². The quantitative estimate of drug-likeness (QED) is 0.0393. The second-order valence-corrected chi connectivity index (χ2v) is 16.9. The minimum atomic E-state index is -0.747. The molecular weight excluding hydrogens is 1090 g/mol. The Morgan fingerprint density at radius 2 is 1.07 bits per heavy atom. The van der Waals surface area contributed by atoms with Gasteiger partial charge in [0.2, 0.25) is 0 Å². The van der Waals surface area contributed by atoms with Crippen molar-refractivity contribution in [1.29, 1.82) is 0 Å². The molecule has 0 aliphatic rings. The van der Waals surface area contributed by atoms with Gasteiger partial charge in [0.15, 0.2) is 0 Å². The number of aliphatic hydroxyl groups is 2. The molecule has 10 nitrogen and oxygen atoms in total. The molecule has 55 heavy (non-hydrogen) atoms. The number of hydroxylamine groups is 2. The minimum absolute atomic E-state index is 0.0389. The van der Waals surface area contributed by atoms with Crippen molar-refractivity contribution in [3.05, 3.63) is 111 Å². The first-order valence-corrected chi connectivity index (χ1v) is 20.2. The van der Waals surface area contributed by atoms with Crippen LogP contribution < -0.4 is 21.6 Å². The zero-order chi connectivity index (χ0) is 41.0. The highest BCUT2D eigenvalue weighted by Gasteiger charge is 2.20. The monoisotopic (exact) mass is 1120 g/mol. The summed E-state index contributed by atoms with van der Waals surface area (Å²) in [5.74, 6) is -3.38. The van der Waals surface area contributed by atoms with Gasteiger partial charge in [-0.3, -0.25) is 19.3 Å². The third-order valence-electron chi connectivity index (χ3n) is 7.38. The van der Waals surface area contributed by atoms with E-state index in [4.69, 9.17) is 9.68 Å². The van der Waals surface area contributed by atoms with E-state index in [1.165, 1.54) is 36.4 Å². The molecule has 4 rings (SSSR count). The molecule has 298 valence electrons. The van der Waals surface area contributed by atoms with Gasteiger partial charge in [0.1, 0.15) is 36.5 Å². The molecule has 0 aliphatic carbocycles. The van der Waals surface area contributed by atoms with E-state index < -0.39 is 47.3 Å². The first-order chi connectivity index (χ1) is 25.9. The summed E-state index contributed by atoms with van der Waals surface area (Å²) in [7, 11) is 0. The van der Waals surface area contributed by atoms with Crippen LogP contribution in [-0.4, -0.2) is 47.4 Å². The number of carbonyl (C=O) groups excluding carboxylic acids is 2. The van der Waals surface area contributed by atoms with Crippen LogP contribution >= 0.6 is 77.0 Å². The van der Waals surface area contributed by atoms with Gasteiger partial charge >= 0.3 is 0 Å². The van der Waals surface area contributed by atoms with Gasteiger partial charge in [-0.2, -0.15) is 0 Å². The molecule has 6 N–H and O–H groups in total. The first kappa shape index (κ1) is 46.8. The maximum Gasteiger partial charge on any atom is 0.276 e. The number of hydrogen-bond donors (Lipinski definition) is 6. The molecule has 2 unspecified atom stereocenters. The van der Waals surface area contributed by atoms with Crippen LogP contribution in [0, 0.1) is 42.2 Å². The summed E-state index contributed by atoms with van der Waals surface area (Å²) in [6, 6.07) is 13.7. The number of rotatable bonds is 15. The van der Waals surface area contributed by atoms with Gasteiger partial charge in [0, 0.05) is 7.14 Å². The molecule has 2 atom stereocenters. The Morgan fingerprint density at radius 3 is 1.45 bits per heavy atom. The summed E-state index contributed by atoms with van der Waals surface area (Å²) in [5.41, 5.74) is 4.86. The summed E-state index contributed by atoms with van der Waals surface area (Å²) in [6.07, 6.45) is -0.945. The third kappa shape index (κ3) is 15.0. The van der Waals surface area contributed by atoms with Crippen LogP contribution in [0.1, 0.15) is 54.8 Å². The number of halogens is 8. The molecule has 0 heterocycles. The van der Waals surface area contributed by atoms with Gasteiger partial charge in [-0.25, -0.2) is 28.5 Å². The van der Waals surface area contributed by atoms with Gasteiger partial charge in [0.25, 0.3) is 11.8 Å². The second kappa shape index (κ2) is 22.4. The number of amides is 2. The molecule has 4 aromatic carbocycles. The number of hydrogen-bond acceptors (Lipinski definition) is 8. The number of anilines is 4. The van der Waals surface area contributed by atoms with Gasteiger partial charge in [0.05, 0.1) is 55.0 Å². The molecule has 0 fully saturated rings. The van der Waals surface area contributed by atoms with E-state index in [0.717, 1.165) is 12.1 Å². The Bertz CT molecular complexity index is 1960. The van der Waals surface area contributed by atoms with E-state index in [2.05, 4.69) is 53.5 Å². The van der Waals surface area contributed by atoms with Gasteiger partial charge in [-0.15, -0.1) is 0 Å². The summed E-state index contributed by atoms with van der Waals surface area (Å²) < 4.78 is 57.7. The molecule has 2 amide bonds. The summed E-state index contributed by atoms with van der Waals surface area (Å²) in [4.78, 5) is 35.0. The van der Waals surface area contributed by atoms with Crippen molar-refractivity contribution in [2.75, 3.05) is 23.8 Å². The average Bonchev–Trinajstić information content (AvgIpc) is 3.09. The second-order valence-electron chi connectivity index (χ2n) is 12.7. The smallest absolute Gasteiger partial charge is 0.276 e. The van der Waals surface area contributed by atoms with Crippen molar-refractivity contribution in [2.45, 2.75) is 46.3 Å². The third-order valence-corrected chi connectivity index (χ3v) is 9.94. The molecule has 4 aromatic rings. The van der Waals surface area contributed by atoms with E-state index in [1.807, 2.05) is 72.9 Å². The van der Waals surface area contributed by atoms with Crippen LogP contribution in [0.4, 0.5) is 40.3 Å². The highest BCUT2D eigenvalue weighted by molar-refractivity contribution is 14.1. The molecule has 0 aromatic heterocycles. The highest BCUT2D eigenvalue weighted by atomic mass is 127. The van der Waals surface area contributed by atoms with Crippen LogP contribution in [0.15, 0.2) is 69.6 Å². The molecule has 0 aliphatic heterocycles. The lowest BCUT2D eigenvalue weighted by atomic mass is 10.1. The van der Waals surface area contributed by atoms with E-state index in [0.29, 0.717) is 13.6 Å². The minimum Gasteiger partial charge on any atom is -0.391 e. The fraction of sp³-hybridized carbons (Fsp3) is 0.297. The molecule has 18 heteroatoms. The highest BCUT2D eigenvalue weighted by Crippen LogP contribution is 2.31. The lowest BCUT2D eigenvalue weighted by Gasteiger charge is -2.16. The molecule has 0 bridgehead atoms. The van der Waals surface area contributed by atoms with Crippen molar-refractivity contribution in [1.82, 2.24) is 11.0 Å². The SMILES string of the molecule is CC(C)C(O)CONC(=O)c1cc(Br)c(F)cc1Nc1ccc(I)cc1F.CC(C)CC(O)CONC(=O)c1cc(Br)c(F)cc1Nc1ccc(I)cc1F. The van der Waals surface area contributed by atoms with Gasteiger partial charge < -0.3 is 20.8 Å². The zero-order valence-corrected chi connectivity index (χ0v) is 37.2. The Kier molecular flexibility index (Phi) is 19.0. The number of benzene rings is 4. The first-order valence-electron chi connectivity index (χ1n) is 16.5. The lowest BCUT2D eigenvalue weighted by Crippen LogP contribution is -2.31. The van der Waals surface area contributed by atoms with Crippen LogP contribution in [0.25, 0.3) is 0 Å². The normalized spacial score (nSPS) is 12.1. The molecule has 0 spiro atoms. The van der Waals surface area contributed by atoms with E-state index in [1.54, 1.807) is 12.1 Å². The predicted octanol–water partition coefficient (Wildman–Crippen LogP) is 9.90. The summed E-state index contributed by atoms with van der Waals surface area (Å²) in [5, 5.41) is 25.0. The van der Waals surface area contributed by atoms with Crippen molar-refractivity contribution in [3.63, 3.8) is 0 Å². The maximum absolute atomic E-state index is 14.1. The number of aliphatic hydroxyl groups excluding tert-OH is 2. The van der Waals surface area contributed by atoms with E-state index in [-0.39, 0.29) is 67.9 Å². The topological polar surface area (TPSA) is 141 Å². The van der Waals surface area contributed by atoms with Crippen molar-refractivity contribution in [3.8, 4) is 0 Å². The Hall–Kier alpha value is -2.60. The van der Waals surface area contributed by atoms with Crippen LogP contribution in [0.2, 0.25) is 0 Å². The van der Waals surface area contributed by atoms with E-state index in [9.17, 15) is 37.4 Å². The molecule has 0 saturated heterocycles. The van der Waals surface area contributed by atoms with Crippen LogP contribution in [0.3, 0.4) is 0 Å². The zero-order valence-electron chi connectivity index (χ0n) is 29.8. The predicted molar refractivity (Wildman–Crippen MR) is 226 cm³/mol. The standard InChI is InChI=1S/C19H20BrF2IN2O3.C18H18BrF2IN2O3/c1-10(2)5-12(26)9-28-25-19(27)13-7-14(20)15(21)8-18(13)24-17-4-3-11(23)6-16(17)22;1-9(2)17(25)8-27-24-18(26)11-6-12(19)13(20)7-16(11)23-15-4-3-10(22)5-14(15)21/h3-4,6-8,10,12,24,26H,5,9H2,1-2H3,(H,25,27);3-7,9,17,23,25H,8H2,1-2H3,(H,24,26). The maximum atomic E-state index is 14.1. The Labute approximate surface area is 360 Å². The van der Waals surface area contributed by atoms with E-state index >= 15 is 0 Å². The van der Waals surface area contributed by atoms with Crippen molar-refractivity contribution in [2.24, 2.45) is 11.8 Å². The lowest BCUT2D eigenvalue weighted by molar-refractivity contribution is -0.0268. The van der Waals surface area contributed by atoms with Crippen molar-refractivity contribution < 1.29 is 47.0 Å². The van der Waals surface area contributed by atoms with Gasteiger partial charge in [-0.1, -0.05) is 27.7 Å². The molecular formula is C37H38Br2F4I2N4O6. The van der Waals surface area contributed by atoms with Crippen LogP contribution in [0.5, 0.6) is 0 Å². The summed E-state index contributed by atoms with van der Waals surface area (Å²) >= 11 is 10.0. The Balaban J connectivity index is 0.000000296. The largest absolute Gasteiger partial charge is 0.391 e. The summed E-state index contributed by atoms with van der Waals surface area (Å²) in [6.45, 7) is 7.36. The molecule has 0 radical (unpaired) electrons. The van der Waals surface area contributed by atoms with Crippen LogP contribution in [-0.2, 0) is 9.68 Å². The van der Waals surface area contributed by atoms with Gasteiger partial charge in [-0.05, 0) is 156 Å². The Morgan fingerprint density at radius 1 is 0.655 bits per heavy atom. The fourth-order valence-corrected chi connectivity index (χ4v) is 6.05. The number of carbonyl (C=O) groups is 2. The number of nitrogens with one attached hydrogen (secondary N) is 4. The molecule has 0 saturated carbocycles. The average molecular weight is 1120 g/mol.